The summed E-state index contributed by atoms with van der Waals surface area (Å²) < 4.78 is 26.0. The molecule has 0 fully saturated rings. The van der Waals surface area contributed by atoms with Crippen LogP contribution in [0.15, 0.2) is 60.7 Å². The van der Waals surface area contributed by atoms with Crippen molar-refractivity contribution < 1.29 is 18.0 Å². The maximum Gasteiger partial charge on any atom is 0.242 e. The number of benzene rings is 2. The molecule has 0 aliphatic carbocycles. The lowest BCUT2D eigenvalue weighted by Crippen LogP contribution is -2.51. The van der Waals surface area contributed by atoms with Crippen LogP contribution < -0.4 is 5.32 Å². The minimum Gasteiger partial charge on any atom is -0.354 e. The molecule has 0 aliphatic rings. The Morgan fingerprint density at radius 1 is 0.879 bits per heavy atom. The van der Waals surface area contributed by atoms with E-state index >= 15 is 0 Å². The molecule has 33 heavy (non-hydrogen) atoms. The van der Waals surface area contributed by atoms with Gasteiger partial charge in [0.1, 0.15) is 6.04 Å². The van der Waals surface area contributed by atoms with Crippen LogP contribution in [0.1, 0.15) is 38.3 Å². The van der Waals surface area contributed by atoms with E-state index in [-0.39, 0.29) is 25.5 Å². The van der Waals surface area contributed by atoms with Crippen molar-refractivity contribution in [2.75, 3.05) is 19.3 Å². The lowest BCUT2D eigenvalue weighted by atomic mass is 10.1. The fourth-order valence-corrected chi connectivity index (χ4v) is 4.04. The van der Waals surface area contributed by atoms with Crippen LogP contribution >= 0.6 is 0 Å². The SMILES string of the molecule is CC(C)CCNC(=O)[C@H](C)N(Cc1ccccc1)C(=O)CN(Cc1ccccc1)S(C)(=O)=O. The fourth-order valence-electron chi connectivity index (χ4n) is 3.31. The van der Waals surface area contributed by atoms with E-state index in [0.29, 0.717) is 12.5 Å². The molecule has 0 unspecified atom stereocenters. The zero-order valence-corrected chi connectivity index (χ0v) is 20.7. The minimum atomic E-state index is -3.65. The third-order valence-electron chi connectivity index (χ3n) is 5.37. The second-order valence-electron chi connectivity index (χ2n) is 8.67. The molecule has 2 amide bonds. The van der Waals surface area contributed by atoms with Crippen LogP contribution in [0.3, 0.4) is 0 Å². The molecule has 8 heteroatoms. The number of nitrogens with zero attached hydrogens (tertiary/aromatic N) is 2. The van der Waals surface area contributed by atoms with Crippen molar-refractivity contribution in [2.24, 2.45) is 5.92 Å². The van der Waals surface area contributed by atoms with Gasteiger partial charge in [0.15, 0.2) is 0 Å². The first-order chi connectivity index (χ1) is 15.6. The van der Waals surface area contributed by atoms with E-state index in [1.807, 2.05) is 60.7 Å². The molecule has 0 aliphatic heterocycles. The summed E-state index contributed by atoms with van der Waals surface area (Å²) in [5.41, 5.74) is 1.64. The highest BCUT2D eigenvalue weighted by Crippen LogP contribution is 2.14. The Hall–Kier alpha value is -2.71. The number of carbonyl (C=O) groups is 2. The summed E-state index contributed by atoms with van der Waals surface area (Å²) >= 11 is 0. The summed E-state index contributed by atoms with van der Waals surface area (Å²) in [5, 5.41) is 2.89. The van der Waals surface area contributed by atoms with Gasteiger partial charge in [-0.25, -0.2) is 8.42 Å². The Bertz CT molecular complexity index is 995. The predicted octanol–water partition coefficient (Wildman–Crippen LogP) is 3.03. The number of nitrogens with one attached hydrogen (secondary N) is 1. The highest BCUT2D eigenvalue weighted by molar-refractivity contribution is 7.88. The Kier molecular flexibility index (Phi) is 10.1. The topological polar surface area (TPSA) is 86.8 Å². The van der Waals surface area contributed by atoms with Crippen LogP contribution in [0.4, 0.5) is 0 Å². The molecule has 0 saturated carbocycles. The van der Waals surface area contributed by atoms with Crippen LogP contribution in [-0.4, -0.2) is 54.8 Å². The normalized spacial score (nSPS) is 12.5. The predicted molar refractivity (Wildman–Crippen MR) is 131 cm³/mol. The molecule has 180 valence electrons. The maximum absolute atomic E-state index is 13.4. The highest BCUT2D eigenvalue weighted by atomic mass is 32.2. The molecule has 2 rings (SSSR count). The van der Waals surface area contributed by atoms with Crippen LogP contribution in [0.2, 0.25) is 0 Å². The third-order valence-corrected chi connectivity index (χ3v) is 6.56. The molecule has 1 atom stereocenters. The number of amides is 2. The molecule has 0 spiro atoms. The van der Waals surface area contributed by atoms with Crippen molar-refractivity contribution in [3.63, 3.8) is 0 Å². The van der Waals surface area contributed by atoms with E-state index < -0.39 is 22.0 Å². The molecule has 2 aromatic rings. The smallest absolute Gasteiger partial charge is 0.242 e. The molecule has 0 aromatic heterocycles. The third kappa shape index (κ3) is 8.98. The largest absolute Gasteiger partial charge is 0.354 e. The van der Waals surface area contributed by atoms with Gasteiger partial charge in [0.25, 0.3) is 0 Å². The Morgan fingerprint density at radius 2 is 1.39 bits per heavy atom. The van der Waals surface area contributed by atoms with Crippen molar-refractivity contribution in [2.45, 2.75) is 46.3 Å². The summed E-state index contributed by atoms with van der Waals surface area (Å²) in [4.78, 5) is 27.6. The summed E-state index contributed by atoms with van der Waals surface area (Å²) in [7, 11) is -3.65. The van der Waals surface area contributed by atoms with Gasteiger partial charge in [-0.3, -0.25) is 9.59 Å². The number of hydrogen-bond donors (Lipinski definition) is 1. The van der Waals surface area contributed by atoms with Gasteiger partial charge in [0, 0.05) is 19.6 Å². The van der Waals surface area contributed by atoms with E-state index in [0.717, 1.165) is 28.1 Å². The summed E-state index contributed by atoms with van der Waals surface area (Å²) in [5.74, 6) is -0.232. The van der Waals surface area contributed by atoms with Crippen molar-refractivity contribution >= 4 is 21.8 Å². The van der Waals surface area contributed by atoms with E-state index in [1.165, 1.54) is 4.90 Å². The van der Waals surface area contributed by atoms with Crippen LogP contribution in [0.25, 0.3) is 0 Å². The summed E-state index contributed by atoms with van der Waals surface area (Å²) in [6.07, 6.45) is 1.93. The minimum absolute atomic E-state index is 0.0829. The molecule has 0 saturated heterocycles. The Balaban J connectivity index is 2.22. The zero-order chi connectivity index (χ0) is 24.4. The summed E-state index contributed by atoms with van der Waals surface area (Å²) in [6, 6.07) is 17.7. The number of rotatable bonds is 12. The molecule has 0 bridgehead atoms. The second-order valence-corrected chi connectivity index (χ2v) is 10.7. The van der Waals surface area contributed by atoms with Crippen LogP contribution in [0.5, 0.6) is 0 Å². The molecule has 0 radical (unpaired) electrons. The molecule has 1 N–H and O–H groups in total. The first-order valence-corrected chi connectivity index (χ1v) is 13.0. The first kappa shape index (κ1) is 26.5. The lowest BCUT2D eigenvalue weighted by molar-refractivity contribution is -0.140. The summed E-state index contributed by atoms with van der Waals surface area (Å²) in [6.45, 7) is 6.30. The number of hydrogen-bond acceptors (Lipinski definition) is 4. The average molecular weight is 474 g/mol. The van der Waals surface area contributed by atoms with Gasteiger partial charge in [0.05, 0.1) is 12.8 Å². The molecule has 0 heterocycles. The molecular weight excluding hydrogens is 438 g/mol. The van der Waals surface area contributed by atoms with Crippen molar-refractivity contribution in [3.8, 4) is 0 Å². The number of sulfonamides is 1. The van der Waals surface area contributed by atoms with E-state index in [1.54, 1.807) is 6.92 Å². The molecule has 2 aromatic carbocycles. The first-order valence-electron chi connectivity index (χ1n) is 11.2. The van der Waals surface area contributed by atoms with Gasteiger partial charge in [-0.05, 0) is 30.4 Å². The highest BCUT2D eigenvalue weighted by Gasteiger charge is 2.29. The Morgan fingerprint density at radius 3 is 1.88 bits per heavy atom. The maximum atomic E-state index is 13.4. The van der Waals surface area contributed by atoms with E-state index in [9.17, 15) is 18.0 Å². The van der Waals surface area contributed by atoms with Gasteiger partial charge >= 0.3 is 0 Å². The van der Waals surface area contributed by atoms with E-state index in [2.05, 4.69) is 19.2 Å². The van der Waals surface area contributed by atoms with Crippen molar-refractivity contribution in [1.29, 1.82) is 0 Å². The van der Waals surface area contributed by atoms with Gasteiger partial charge in [-0.1, -0.05) is 74.5 Å². The second kappa shape index (κ2) is 12.5. The standard InChI is InChI=1S/C25H35N3O4S/c1-20(2)15-16-26-25(30)21(3)28(18-23-13-9-6-10-14-23)24(29)19-27(33(4,31)32)17-22-11-7-5-8-12-22/h5-14,20-21H,15-19H2,1-4H3,(H,26,30)/t21-/m0/s1. The van der Waals surface area contributed by atoms with Crippen LogP contribution in [-0.2, 0) is 32.7 Å². The Labute approximate surface area is 197 Å². The van der Waals surface area contributed by atoms with Crippen molar-refractivity contribution in [3.05, 3.63) is 71.8 Å². The number of carbonyl (C=O) groups excluding carboxylic acids is 2. The van der Waals surface area contributed by atoms with Crippen molar-refractivity contribution in [1.82, 2.24) is 14.5 Å². The monoisotopic (exact) mass is 473 g/mol. The lowest BCUT2D eigenvalue weighted by Gasteiger charge is -2.31. The van der Waals surface area contributed by atoms with Crippen LogP contribution in [0, 0.1) is 5.92 Å². The van der Waals surface area contributed by atoms with E-state index in [4.69, 9.17) is 0 Å². The average Bonchev–Trinajstić information content (AvgIpc) is 2.77. The van der Waals surface area contributed by atoms with Gasteiger partial charge in [-0.2, -0.15) is 4.31 Å². The zero-order valence-electron chi connectivity index (χ0n) is 19.9. The fraction of sp³-hybridized carbons (Fsp3) is 0.440. The van der Waals surface area contributed by atoms with Gasteiger partial charge in [0.2, 0.25) is 21.8 Å². The quantitative estimate of drug-likeness (QED) is 0.513. The molecular formula is C25H35N3O4S. The van der Waals surface area contributed by atoms with Gasteiger partial charge in [-0.15, -0.1) is 0 Å². The molecule has 7 nitrogen and oxygen atoms in total. The van der Waals surface area contributed by atoms with Gasteiger partial charge < -0.3 is 10.2 Å².